The number of amides is 1. The molecule has 0 aliphatic heterocycles. The average molecular weight is 278 g/mol. The lowest BCUT2D eigenvalue weighted by Crippen LogP contribution is -2.55. The van der Waals surface area contributed by atoms with Crippen LogP contribution in [0.25, 0.3) is 0 Å². The first-order valence-electron chi connectivity index (χ1n) is 6.27. The Balaban J connectivity index is 2.86. The lowest BCUT2D eigenvalue weighted by Gasteiger charge is -2.35. The van der Waals surface area contributed by atoms with Gasteiger partial charge in [0.25, 0.3) is 5.91 Å². The number of methoxy groups -OCH3 is 2. The van der Waals surface area contributed by atoms with Crippen molar-refractivity contribution in [1.82, 2.24) is 5.32 Å². The second-order valence-electron chi connectivity index (χ2n) is 4.90. The molecule has 0 bridgehead atoms. The van der Waals surface area contributed by atoms with E-state index in [2.05, 4.69) is 5.32 Å². The number of rotatable bonds is 7. The summed E-state index contributed by atoms with van der Waals surface area (Å²) < 4.78 is 10.6. The van der Waals surface area contributed by atoms with Crippen LogP contribution in [0.1, 0.15) is 24.2 Å². The maximum atomic E-state index is 12.1. The van der Waals surface area contributed by atoms with Crippen LogP contribution in [-0.4, -0.2) is 44.2 Å². The SMILES string of the molecule is COC([C@@H]([C]=O)NC(=O)c1ccccc1)C(C)(C)OC. The Labute approximate surface area is 119 Å². The number of nitrogens with one attached hydrogen (secondary N) is 1. The van der Waals surface area contributed by atoms with Gasteiger partial charge < -0.3 is 14.8 Å². The monoisotopic (exact) mass is 278 g/mol. The zero-order valence-electron chi connectivity index (χ0n) is 12.2. The minimum atomic E-state index is -0.914. The van der Waals surface area contributed by atoms with Crippen molar-refractivity contribution in [1.29, 1.82) is 0 Å². The molecule has 0 spiro atoms. The molecular formula is C15H20NO4. The number of ether oxygens (including phenoxy) is 2. The van der Waals surface area contributed by atoms with E-state index in [1.165, 1.54) is 14.2 Å². The molecule has 5 nitrogen and oxygen atoms in total. The van der Waals surface area contributed by atoms with Gasteiger partial charge in [-0.25, -0.2) is 0 Å². The molecule has 0 fully saturated rings. The van der Waals surface area contributed by atoms with Gasteiger partial charge in [-0.15, -0.1) is 0 Å². The van der Waals surface area contributed by atoms with E-state index in [1.807, 2.05) is 12.4 Å². The molecule has 1 radical (unpaired) electrons. The highest BCUT2D eigenvalue weighted by Crippen LogP contribution is 2.19. The topological polar surface area (TPSA) is 64.6 Å². The fourth-order valence-electron chi connectivity index (χ4n) is 1.92. The van der Waals surface area contributed by atoms with Gasteiger partial charge in [0, 0.05) is 19.8 Å². The number of hydrogen-bond donors (Lipinski definition) is 1. The van der Waals surface area contributed by atoms with Gasteiger partial charge >= 0.3 is 0 Å². The van der Waals surface area contributed by atoms with Crippen LogP contribution in [0.2, 0.25) is 0 Å². The lowest BCUT2D eigenvalue weighted by atomic mass is 9.95. The van der Waals surface area contributed by atoms with Crippen LogP contribution in [0, 0.1) is 0 Å². The quantitative estimate of drug-likeness (QED) is 0.817. The van der Waals surface area contributed by atoms with Crippen LogP contribution in [0.3, 0.4) is 0 Å². The lowest BCUT2D eigenvalue weighted by molar-refractivity contribution is -0.0991. The maximum absolute atomic E-state index is 12.1. The molecule has 1 aromatic rings. The van der Waals surface area contributed by atoms with Crippen molar-refractivity contribution in [3.05, 3.63) is 35.9 Å². The Morgan fingerprint density at radius 2 is 1.85 bits per heavy atom. The van der Waals surface area contributed by atoms with E-state index >= 15 is 0 Å². The molecule has 0 aliphatic rings. The summed E-state index contributed by atoms with van der Waals surface area (Å²) in [5, 5.41) is 2.61. The van der Waals surface area contributed by atoms with E-state index in [9.17, 15) is 9.59 Å². The molecule has 1 rings (SSSR count). The third-order valence-electron chi connectivity index (χ3n) is 3.22. The Kier molecular flexibility index (Phi) is 5.85. The summed E-state index contributed by atoms with van der Waals surface area (Å²) >= 11 is 0. The molecule has 0 saturated carbocycles. The van der Waals surface area contributed by atoms with Crippen LogP contribution in [0.5, 0.6) is 0 Å². The van der Waals surface area contributed by atoms with Crippen molar-refractivity contribution in [2.75, 3.05) is 14.2 Å². The van der Waals surface area contributed by atoms with E-state index in [-0.39, 0.29) is 5.91 Å². The summed E-state index contributed by atoms with van der Waals surface area (Å²) in [5.41, 5.74) is -0.265. The highest BCUT2D eigenvalue weighted by molar-refractivity contribution is 5.95. The average Bonchev–Trinajstić information content (AvgIpc) is 2.47. The molecular weight excluding hydrogens is 258 g/mol. The molecule has 0 heterocycles. The van der Waals surface area contributed by atoms with Crippen molar-refractivity contribution in [2.45, 2.75) is 31.6 Å². The first-order chi connectivity index (χ1) is 9.46. The Morgan fingerprint density at radius 1 is 1.25 bits per heavy atom. The minimum absolute atomic E-state index is 0.354. The number of benzene rings is 1. The Hall–Kier alpha value is -1.72. The molecule has 1 unspecified atom stereocenters. The van der Waals surface area contributed by atoms with Crippen molar-refractivity contribution in [3.63, 3.8) is 0 Å². The second kappa shape index (κ2) is 7.17. The van der Waals surface area contributed by atoms with Gasteiger partial charge in [0.05, 0.1) is 5.60 Å². The van der Waals surface area contributed by atoms with Gasteiger partial charge in [-0.1, -0.05) is 18.2 Å². The maximum Gasteiger partial charge on any atom is 0.251 e. The minimum Gasteiger partial charge on any atom is -0.376 e. The molecule has 1 amide bonds. The predicted octanol–water partition coefficient (Wildman–Crippen LogP) is 1.33. The molecule has 0 saturated heterocycles. The van der Waals surface area contributed by atoms with E-state index in [0.717, 1.165) is 0 Å². The molecule has 20 heavy (non-hydrogen) atoms. The Morgan fingerprint density at radius 3 is 2.30 bits per heavy atom. The van der Waals surface area contributed by atoms with Crippen LogP contribution >= 0.6 is 0 Å². The summed E-state index contributed by atoms with van der Waals surface area (Å²) in [6, 6.07) is 7.73. The normalized spacial score (nSPS) is 14.4. The van der Waals surface area contributed by atoms with Crippen molar-refractivity contribution in [2.24, 2.45) is 0 Å². The summed E-state index contributed by atoms with van der Waals surface area (Å²) in [5.74, 6) is -0.354. The molecule has 109 valence electrons. The number of carbonyl (C=O) groups excluding carboxylic acids is 2. The summed E-state index contributed by atoms with van der Waals surface area (Å²) in [6.45, 7) is 3.56. The van der Waals surface area contributed by atoms with Gasteiger partial charge in [-0.05, 0) is 26.0 Å². The molecule has 2 atom stereocenters. The van der Waals surface area contributed by atoms with E-state index < -0.39 is 17.7 Å². The molecule has 0 aromatic heterocycles. The van der Waals surface area contributed by atoms with Crippen LogP contribution in [0.15, 0.2) is 30.3 Å². The van der Waals surface area contributed by atoms with Crippen molar-refractivity contribution < 1.29 is 19.1 Å². The fraction of sp³-hybridized carbons (Fsp3) is 0.467. The summed E-state index contributed by atoms with van der Waals surface area (Å²) in [7, 11) is 2.98. The third kappa shape index (κ3) is 3.88. The van der Waals surface area contributed by atoms with Crippen LogP contribution < -0.4 is 5.32 Å². The summed E-state index contributed by atoms with van der Waals surface area (Å²) in [4.78, 5) is 23.2. The second-order valence-corrected chi connectivity index (χ2v) is 4.90. The highest BCUT2D eigenvalue weighted by Gasteiger charge is 2.37. The first-order valence-corrected chi connectivity index (χ1v) is 6.27. The number of carbonyl (C=O) groups is 1. The van der Waals surface area contributed by atoms with Crippen LogP contribution in [0.4, 0.5) is 0 Å². The van der Waals surface area contributed by atoms with Crippen LogP contribution in [-0.2, 0) is 14.3 Å². The first kappa shape index (κ1) is 16.3. The van der Waals surface area contributed by atoms with E-state index in [4.69, 9.17) is 9.47 Å². The van der Waals surface area contributed by atoms with Gasteiger partial charge in [-0.2, -0.15) is 0 Å². The molecule has 0 aliphatic carbocycles. The number of hydrogen-bond acceptors (Lipinski definition) is 4. The van der Waals surface area contributed by atoms with Gasteiger partial charge in [0.15, 0.2) is 0 Å². The third-order valence-corrected chi connectivity index (χ3v) is 3.22. The fourth-order valence-corrected chi connectivity index (χ4v) is 1.92. The molecule has 1 N–H and O–H groups in total. The van der Waals surface area contributed by atoms with Gasteiger partial charge in [0.1, 0.15) is 12.1 Å². The Bertz CT molecular complexity index is 444. The van der Waals surface area contributed by atoms with Crippen molar-refractivity contribution >= 4 is 12.2 Å². The highest BCUT2D eigenvalue weighted by atomic mass is 16.5. The van der Waals surface area contributed by atoms with Crippen molar-refractivity contribution in [3.8, 4) is 0 Å². The summed E-state index contributed by atoms with van der Waals surface area (Å²) in [6.07, 6.45) is 1.17. The standard InChI is InChI=1S/C15H20NO4/c1-15(2,20-4)13(19-3)12(10-17)16-14(18)11-8-6-5-7-9-11/h5-9,12-13H,1-4H3,(H,16,18)/t12-,13?/m1/s1. The zero-order chi connectivity index (χ0) is 15.2. The molecule has 5 heteroatoms. The van der Waals surface area contributed by atoms with Gasteiger partial charge in [0.2, 0.25) is 6.29 Å². The van der Waals surface area contributed by atoms with E-state index in [0.29, 0.717) is 5.56 Å². The predicted molar refractivity (Wildman–Crippen MR) is 75.3 cm³/mol. The molecule has 1 aromatic carbocycles. The smallest absolute Gasteiger partial charge is 0.251 e. The zero-order valence-corrected chi connectivity index (χ0v) is 12.2. The largest absolute Gasteiger partial charge is 0.376 e. The van der Waals surface area contributed by atoms with E-state index in [1.54, 1.807) is 38.1 Å². The van der Waals surface area contributed by atoms with Gasteiger partial charge in [-0.3, -0.25) is 9.59 Å².